The van der Waals surface area contributed by atoms with Crippen molar-refractivity contribution in [1.29, 1.82) is 0 Å². The lowest BCUT2D eigenvalue weighted by molar-refractivity contribution is -0.386. The first kappa shape index (κ1) is 18.3. The summed E-state index contributed by atoms with van der Waals surface area (Å²) in [5.41, 5.74) is 1.04. The first-order valence-corrected chi connectivity index (χ1v) is 7.09. The predicted molar refractivity (Wildman–Crippen MR) is 81.5 cm³/mol. The Morgan fingerprint density at radius 1 is 1.43 bits per heavy atom. The molecule has 1 amide bonds. The molecule has 0 saturated carbocycles. The van der Waals surface area contributed by atoms with Crippen molar-refractivity contribution in [2.45, 2.75) is 40.7 Å². The first-order chi connectivity index (χ1) is 10.8. The Morgan fingerprint density at radius 3 is 2.61 bits per heavy atom. The molecular weight excluding hydrogens is 304 g/mol. The zero-order valence-corrected chi connectivity index (χ0v) is 13.6. The molecular formula is C14H20N4O5. The molecule has 9 heteroatoms. The highest BCUT2D eigenvalue weighted by Crippen LogP contribution is 2.21. The van der Waals surface area contributed by atoms with Crippen molar-refractivity contribution >= 4 is 17.6 Å². The molecule has 0 aliphatic carbocycles. The maximum absolute atomic E-state index is 11.8. The zero-order valence-electron chi connectivity index (χ0n) is 13.6. The summed E-state index contributed by atoms with van der Waals surface area (Å²) in [5.74, 6) is -0.849. The van der Waals surface area contributed by atoms with Gasteiger partial charge in [-0.2, -0.15) is 5.10 Å². The van der Waals surface area contributed by atoms with Gasteiger partial charge in [0.05, 0.1) is 18.1 Å². The van der Waals surface area contributed by atoms with Crippen LogP contribution in [0.5, 0.6) is 0 Å². The number of carbonyl (C=O) groups excluding carboxylic acids is 2. The van der Waals surface area contributed by atoms with Crippen molar-refractivity contribution in [3.8, 4) is 0 Å². The average Bonchev–Trinajstić information content (AvgIpc) is 2.70. The number of nitrogens with zero attached hydrogens (tertiary/aromatic N) is 3. The molecule has 0 radical (unpaired) electrons. The molecule has 0 fully saturated rings. The van der Waals surface area contributed by atoms with E-state index in [9.17, 15) is 19.7 Å². The van der Waals surface area contributed by atoms with Crippen molar-refractivity contribution < 1.29 is 19.2 Å². The Morgan fingerprint density at radius 2 is 2.09 bits per heavy atom. The van der Waals surface area contributed by atoms with Crippen LogP contribution in [0.15, 0.2) is 11.8 Å². The van der Waals surface area contributed by atoms with Gasteiger partial charge in [0.15, 0.2) is 0 Å². The highest BCUT2D eigenvalue weighted by molar-refractivity contribution is 5.84. The second-order valence-corrected chi connectivity index (χ2v) is 4.88. The van der Waals surface area contributed by atoms with Gasteiger partial charge in [-0.25, -0.2) is 4.79 Å². The minimum Gasteiger partial charge on any atom is -0.463 e. The van der Waals surface area contributed by atoms with E-state index in [1.165, 1.54) is 10.8 Å². The number of allylic oxidation sites excluding steroid dienone is 1. The summed E-state index contributed by atoms with van der Waals surface area (Å²) in [6.45, 7) is 6.86. The minimum absolute atomic E-state index is 0.0382. The summed E-state index contributed by atoms with van der Waals surface area (Å²) >= 11 is 0. The van der Waals surface area contributed by atoms with Crippen LogP contribution in [0.4, 0.5) is 5.69 Å². The number of aromatic nitrogens is 2. The molecule has 23 heavy (non-hydrogen) atoms. The van der Waals surface area contributed by atoms with Crippen molar-refractivity contribution in [3.63, 3.8) is 0 Å². The Bertz CT molecular complexity index is 648. The summed E-state index contributed by atoms with van der Waals surface area (Å²) in [6, 6.07) is 0. The van der Waals surface area contributed by atoms with Crippen LogP contribution in [0.2, 0.25) is 0 Å². The fourth-order valence-electron chi connectivity index (χ4n) is 2.06. The van der Waals surface area contributed by atoms with Gasteiger partial charge in [-0.3, -0.25) is 19.6 Å². The number of aryl methyl sites for hydroxylation is 2. The normalized spacial score (nSPS) is 11.2. The van der Waals surface area contributed by atoms with Crippen molar-refractivity contribution in [2.24, 2.45) is 0 Å². The molecule has 1 heterocycles. The topological polar surface area (TPSA) is 116 Å². The molecule has 0 atom stereocenters. The van der Waals surface area contributed by atoms with E-state index in [1.54, 1.807) is 27.7 Å². The van der Waals surface area contributed by atoms with E-state index in [0.29, 0.717) is 17.1 Å². The number of esters is 1. The van der Waals surface area contributed by atoms with Crippen molar-refractivity contribution in [1.82, 2.24) is 15.1 Å². The van der Waals surface area contributed by atoms with Gasteiger partial charge in [0.25, 0.3) is 0 Å². The van der Waals surface area contributed by atoms with Crippen LogP contribution in [0.25, 0.3) is 0 Å². The fraction of sp³-hybridized carbons (Fsp3) is 0.500. The smallest absolute Gasteiger partial charge is 0.332 e. The highest BCUT2D eigenvalue weighted by Gasteiger charge is 2.21. The van der Waals surface area contributed by atoms with Crippen LogP contribution < -0.4 is 5.32 Å². The quantitative estimate of drug-likeness (QED) is 0.350. The van der Waals surface area contributed by atoms with Gasteiger partial charge >= 0.3 is 11.7 Å². The lowest BCUT2D eigenvalue weighted by Gasteiger charge is -2.06. The maximum Gasteiger partial charge on any atom is 0.332 e. The van der Waals surface area contributed by atoms with E-state index in [4.69, 9.17) is 4.74 Å². The third-order valence-electron chi connectivity index (χ3n) is 3.03. The number of amides is 1. The van der Waals surface area contributed by atoms with Crippen LogP contribution in [0.1, 0.15) is 31.7 Å². The molecule has 9 nitrogen and oxygen atoms in total. The second-order valence-electron chi connectivity index (χ2n) is 4.88. The monoisotopic (exact) mass is 324 g/mol. The molecule has 0 spiro atoms. The number of hydrogen-bond donors (Lipinski definition) is 1. The zero-order chi connectivity index (χ0) is 17.6. The Balaban J connectivity index is 2.62. The Hall–Kier alpha value is -2.71. The standard InChI is InChI=1S/C14H20N4O5/c1-5-23-13(20)8-9(2)15-12(19)6-7-17-11(4)14(18(21)22)10(3)16-17/h8H,5-7H2,1-4H3,(H,15,19)/b9-8+. The number of nitro groups is 1. The van der Waals surface area contributed by atoms with Gasteiger partial charge in [-0.1, -0.05) is 0 Å². The maximum atomic E-state index is 11.8. The minimum atomic E-state index is -0.528. The molecule has 1 aromatic heterocycles. The summed E-state index contributed by atoms with van der Waals surface area (Å²) in [6.07, 6.45) is 1.27. The Labute approximate surface area is 133 Å². The number of nitrogens with one attached hydrogen (secondary N) is 1. The number of hydrogen-bond acceptors (Lipinski definition) is 6. The molecule has 0 aromatic carbocycles. The largest absolute Gasteiger partial charge is 0.463 e. The summed E-state index contributed by atoms with van der Waals surface area (Å²) < 4.78 is 6.16. The second kappa shape index (κ2) is 8.06. The van der Waals surface area contributed by atoms with Crippen molar-refractivity contribution in [2.75, 3.05) is 6.61 Å². The predicted octanol–water partition coefficient (Wildman–Crippen LogP) is 1.38. The molecule has 1 rings (SSSR count). The number of rotatable bonds is 7. The SMILES string of the molecule is CCOC(=O)/C=C(\C)NC(=O)CCn1nc(C)c([N+](=O)[O-])c1C. The van der Waals surface area contributed by atoms with E-state index in [1.807, 2.05) is 0 Å². The molecule has 0 unspecified atom stereocenters. The van der Waals surface area contributed by atoms with Crippen LogP contribution in [-0.4, -0.2) is 33.2 Å². The molecule has 126 valence electrons. The fourth-order valence-corrected chi connectivity index (χ4v) is 2.06. The van der Waals surface area contributed by atoms with E-state index in [2.05, 4.69) is 10.4 Å². The van der Waals surface area contributed by atoms with Crippen LogP contribution >= 0.6 is 0 Å². The van der Waals surface area contributed by atoms with Gasteiger partial charge in [0.1, 0.15) is 11.4 Å². The van der Waals surface area contributed by atoms with Crippen LogP contribution in [0, 0.1) is 24.0 Å². The summed E-state index contributed by atoms with van der Waals surface area (Å²) in [5, 5.41) is 17.5. The van der Waals surface area contributed by atoms with Gasteiger partial charge in [0.2, 0.25) is 5.91 Å². The van der Waals surface area contributed by atoms with E-state index < -0.39 is 10.9 Å². The lowest BCUT2D eigenvalue weighted by Crippen LogP contribution is -2.24. The van der Waals surface area contributed by atoms with Crippen LogP contribution in [0.3, 0.4) is 0 Å². The number of ether oxygens (including phenoxy) is 1. The van der Waals surface area contributed by atoms with E-state index >= 15 is 0 Å². The molecule has 0 aliphatic heterocycles. The highest BCUT2D eigenvalue weighted by atomic mass is 16.6. The van der Waals surface area contributed by atoms with Crippen molar-refractivity contribution in [3.05, 3.63) is 33.3 Å². The third-order valence-corrected chi connectivity index (χ3v) is 3.03. The van der Waals surface area contributed by atoms with E-state index in [-0.39, 0.29) is 31.2 Å². The number of carbonyl (C=O) groups is 2. The summed E-state index contributed by atoms with van der Waals surface area (Å²) in [7, 11) is 0. The van der Waals surface area contributed by atoms with Gasteiger partial charge in [-0.05, 0) is 27.7 Å². The lowest BCUT2D eigenvalue weighted by atomic mass is 10.3. The summed E-state index contributed by atoms with van der Waals surface area (Å²) in [4.78, 5) is 33.5. The molecule has 0 aliphatic rings. The van der Waals surface area contributed by atoms with E-state index in [0.717, 1.165) is 0 Å². The molecule has 0 bridgehead atoms. The molecule has 0 saturated heterocycles. The van der Waals surface area contributed by atoms with Gasteiger partial charge in [0, 0.05) is 18.2 Å². The van der Waals surface area contributed by atoms with Gasteiger partial charge in [-0.15, -0.1) is 0 Å². The third kappa shape index (κ3) is 5.20. The van der Waals surface area contributed by atoms with Crippen LogP contribution in [-0.2, 0) is 20.9 Å². The molecule has 1 aromatic rings. The average molecular weight is 324 g/mol. The van der Waals surface area contributed by atoms with Gasteiger partial charge < -0.3 is 10.1 Å². The molecule has 1 N–H and O–H groups in total. The Kier molecular flexibility index (Phi) is 6.43. The first-order valence-electron chi connectivity index (χ1n) is 7.09.